The third-order valence-corrected chi connectivity index (χ3v) is 5.05. The summed E-state index contributed by atoms with van der Waals surface area (Å²) in [7, 11) is 3.21. The zero-order valence-electron chi connectivity index (χ0n) is 15.5. The topological polar surface area (TPSA) is 44.8 Å². The van der Waals surface area contributed by atoms with Crippen LogP contribution >= 0.6 is 11.8 Å². The van der Waals surface area contributed by atoms with Gasteiger partial charge in [0.1, 0.15) is 11.4 Å². The van der Waals surface area contributed by atoms with Crippen molar-refractivity contribution in [1.29, 1.82) is 0 Å². The van der Waals surface area contributed by atoms with Gasteiger partial charge < -0.3 is 14.2 Å². The van der Waals surface area contributed by atoms with Crippen LogP contribution in [0.2, 0.25) is 0 Å². The number of carbonyl (C=O) groups excluding carboxylic acids is 1. The smallest absolute Gasteiger partial charge is 0.326 e. The monoisotopic (exact) mass is 364 g/mol. The van der Waals surface area contributed by atoms with Gasteiger partial charge in [-0.2, -0.15) is 0 Å². The first-order valence-corrected chi connectivity index (χ1v) is 9.16. The van der Waals surface area contributed by atoms with Crippen molar-refractivity contribution < 1.29 is 19.0 Å². The van der Waals surface area contributed by atoms with E-state index >= 15 is 0 Å². The number of hydrogen-bond donors (Lipinski definition) is 0. The highest BCUT2D eigenvalue weighted by molar-refractivity contribution is 8.01. The predicted octanol–water partition coefficient (Wildman–Crippen LogP) is 4.36. The Balaban J connectivity index is 2.76. The van der Waals surface area contributed by atoms with Crippen LogP contribution in [0.3, 0.4) is 0 Å². The highest BCUT2D eigenvalue weighted by Gasteiger charge is 2.33. The fourth-order valence-electron chi connectivity index (χ4n) is 2.22. The molecule has 0 spiro atoms. The molecular weight excluding hydrogens is 336 g/mol. The number of carbonyl (C=O) groups is 1. The fraction of sp³-hybridized carbons (Fsp3) is 0.450. The second-order valence-electron chi connectivity index (χ2n) is 5.80. The molecule has 1 atom stereocenters. The van der Waals surface area contributed by atoms with Gasteiger partial charge >= 0.3 is 5.97 Å². The Morgan fingerprint density at radius 2 is 1.92 bits per heavy atom. The molecule has 1 aromatic carbocycles. The summed E-state index contributed by atoms with van der Waals surface area (Å²) in [5.74, 6) is 0.429. The second-order valence-corrected chi connectivity index (χ2v) is 7.34. The first kappa shape index (κ1) is 21.5. The number of thioether (sulfide) groups is 1. The normalized spacial score (nSPS) is 14.2. The van der Waals surface area contributed by atoms with E-state index < -0.39 is 4.75 Å². The number of rotatable bonds is 11. The van der Waals surface area contributed by atoms with E-state index in [0.29, 0.717) is 12.2 Å². The van der Waals surface area contributed by atoms with Crippen molar-refractivity contribution >= 4 is 17.7 Å². The first-order chi connectivity index (χ1) is 11.9. The van der Waals surface area contributed by atoms with Crippen LogP contribution in [0.1, 0.15) is 25.8 Å². The maximum absolute atomic E-state index is 12.7. The van der Waals surface area contributed by atoms with E-state index in [2.05, 4.69) is 6.58 Å². The van der Waals surface area contributed by atoms with Crippen molar-refractivity contribution in [1.82, 2.24) is 0 Å². The number of allylic oxidation sites excluding steroid dienone is 2. The lowest BCUT2D eigenvalue weighted by atomic mass is 10.1. The molecule has 0 aliphatic rings. The summed E-state index contributed by atoms with van der Waals surface area (Å²) in [6.45, 7) is 7.81. The molecule has 0 aliphatic carbocycles. The van der Waals surface area contributed by atoms with Gasteiger partial charge in [0.15, 0.2) is 6.29 Å². The van der Waals surface area contributed by atoms with E-state index in [1.807, 2.05) is 50.3 Å². The van der Waals surface area contributed by atoms with Crippen molar-refractivity contribution in [3.8, 4) is 0 Å². The largest absolute Gasteiger partial charge is 0.460 e. The minimum absolute atomic E-state index is 0.259. The zero-order valence-corrected chi connectivity index (χ0v) is 16.3. The Morgan fingerprint density at radius 3 is 2.48 bits per heavy atom. The van der Waals surface area contributed by atoms with E-state index in [-0.39, 0.29) is 18.9 Å². The Labute approximate surface area is 155 Å². The molecule has 0 bridgehead atoms. The van der Waals surface area contributed by atoms with Gasteiger partial charge in [-0.05, 0) is 25.2 Å². The molecule has 0 saturated heterocycles. The average Bonchev–Trinajstić information content (AvgIpc) is 2.64. The minimum Gasteiger partial charge on any atom is -0.460 e. The van der Waals surface area contributed by atoms with Crippen molar-refractivity contribution in [3.63, 3.8) is 0 Å². The van der Waals surface area contributed by atoms with Crippen LogP contribution in [0.15, 0.2) is 54.6 Å². The molecule has 138 valence electrons. The lowest BCUT2D eigenvalue weighted by Gasteiger charge is -2.25. The fourth-order valence-corrected chi connectivity index (χ4v) is 3.40. The minimum atomic E-state index is -0.793. The van der Waals surface area contributed by atoms with Gasteiger partial charge in [-0.25, -0.2) is 0 Å². The molecule has 0 heterocycles. The van der Waals surface area contributed by atoms with E-state index in [4.69, 9.17) is 14.2 Å². The average molecular weight is 365 g/mol. The van der Waals surface area contributed by atoms with Crippen molar-refractivity contribution in [3.05, 3.63) is 60.2 Å². The molecule has 4 nitrogen and oxygen atoms in total. The summed E-state index contributed by atoms with van der Waals surface area (Å²) in [5, 5.41) is 0. The van der Waals surface area contributed by atoms with E-state index in [1.54, 1.807) is 20.3 Å². The summed E-state index contributed by atoms with van der Waals surface area (Å²) in [6.07, 6.45) is 4.03. The molecule has 0 aliphatic heterocycles. The molecular formula is C20H28O4S. The Kier molecular flexibility index (Phi) is 9.57. The van der Waals surface area contributed by atoms with Gasteiger partial charge in [-0.3, -0.25) is 4.79 Å². The SMILES string of the molecule is C=C/C(C)=C/[C@](C)(SCCC(OC)OC)C(=O)OCc1ccccc1. The second kappa shape index (κ2) is 11.1. The molecule has 0 saturated carbocycles. The highest BCUT2D eigenvalue weighted by atomic mass is 32.2. The van der Waals surface area contributed by atoms with Crippen LogP contribution in [-0.2, 0) is 25.6 Å². The lowest BCUT2D eigenvalue weighted by Crippen LogP contribution is -2.32. The van der Waals surface area contributed by atoms with Crippen LogP contribution in [0, 0.1) is 0 Å². The number of esters is 1. The molecule has 1 rings (SSSR count). The van der Waals surface area contributed by atoms with Gasteiger partial charge in [0.25, 0.3) is 0 Å². The maximum atomic E-state index is 12.7. The lowest BCUT2D eigenvalue weighted by molar-refractivity contribution is -0.146. The van der Waals surface area contributed by atoms with Gasteiger partial charge in [0.2, 0.25) is 0 Å². The van der Waals surface area contributed by atoms with Crippen LogP contribution < -0.4 is 0 Å². The van der Waals surface area contributed by atoms with Crippen LogP contribution in [-0.4, -0.2) is 37.0 Å². The zero-order chi connectivity index (χ0) is 18.7. The number of benzene rings is 1. The summed E-state index contributed by atoms with van der Waals surface area (Å²) in [6, 6.07) is 9.65. The number of hydrogen-bond acceptors (Lipinski definition) is 5. The van der Waals surface area contributed by atoms with Crippen molar-refractivity contribution in [2.45, 2.75) is 37.9 Å². The summed E-state index contributed by atoms with van der Waals surface area (Å²) >= 11 is 1.51. The van der Waals surface area contributed by atoms with Gasteiger partial charge in [0, 0.05) is 20.6 Å². The molecule has 0 radical (unpaired) electrons. The van der Waals surface area contributed by atoms with Crippen LogP contribution in [0.5, 0.6) is 0 Å². The Hall–Kier alpha value is -1.56. The van der Waals surface area contributed by atoms with E-state index in [1.165, 1.54) is 11.8 Å². The van der Waals surface area contributed by atoms with E-state index in [0.717, 1.165) is 11.1 Å². The van der Waals surface area contributed by atoms with Gasteiger partial charge in [-0.15, -0.1) is 11.8 Å². The van der Waals surface area contributed by atoms with Crippen molar-refractivity contribution in [2.75, 3.05) is 20.0 Å². The van der Waals surface area contributed by atoms with Crippen molar-refractivity contribution in [2.24, 2.45) is 0 Å². The summed E-state index contributed by atoms with van der Waals surface area (Å²) in [4.78, 5) is 12.7. The first-order valence-electron chi connectivity index (χ1n) is 8.17. The van der Waals surface area contributed by atoms with Gasteiger partial charge in [0.05, 0.1) is 0 Å². The number of methoxy groups -OCH3 is 2. The summed E-state index contributed by atoms with van der Waals surface area (Å²) in [5.41, 5.74) is 1.90. The Morgan fingerprint density at radius 1 is 1.28 bits per heavy atom. The maximum Gasteiger partial charge on any atom is 0.326 e. The third-order valence-electron chi connectivity index (χ3n) is 3.72. The van der Waals surface area contributed by atoms with E-state index in [9.17, 15) is 4.79 Å². The molecule has 0 amide bonds. The molecule has 0 aromatic heterocycles. The Bertz CT molecular complexity index is 566. The molecule has 5 heteroatoms. The summed E-state index contributed by atoms with van der Waals surface area (Å²) < 4.78 is 15.2. The standard InChI is InChI=1S/C20H28O4S/c1-6-16(2)14-20(3,25-13-12-18(22-4)23-5)19(21)24-15-17-10-8-7-9-11-17/h6-11,14,18H,1,12-13,15H2,2-5H3/b16-14+/t20-/m0/s1. The molecule has 25 heavy (non-hydrogen) atoms. The van der Waals surface area contributed by atoms with Gasteiger partial charge in [-0.1, -0.05) is 54.6 Å². The van der Waals surface area contributed by atoms with Crippen LogP contribution in [0.25, 0.3) is 0 Å². The predicted molar refractivity (Wildman–Crippen MR) is 103 cm³/mol. The quantitative estimate of drug-likeness (QED) is 0.332. The number of ether oxygens (including phenoxy) is 3. The third kappa shape index (κ3) is 7.46. The molecule has 0 unspecified atom stereocenters. The van der Waals surface area contributed by atoms with Crippen LogP contribution in [0.4, 0.5) is 0 Å². The molecule has 0 N–H and O–H groups in total. The molecule has 0 fully saturated rings. The molecule has 1 aromatic rings. The highest BCUT2D eigenvalue weighted by Crippen LogP contribution is 2.31.